The molecule has 0 unspecified atom stereocenters. The fourth-order valence-corrected chi connectivity index (χ4v) is 1.24. The molecule has 3 N–H and O–H groups in total. The first-order valence-corrected chi connectivity index (χ1v) is 5.51. The van der Waals surface area contributed by atoms with Gasteiger partial charge in [0.2, 0.25) is 0 Å². The van der Waals surface area contributed by atoms with Crippen LogP contribution in [0.25, 0.3) is 0 Å². The number of alkyl carbamates (subject to hydrolysis) is 1. The van der Waals surface area contributed by atoms with Crippen molar-refractivity contribution in [2.24, 2.45) is 5.73 Å². The van der Waals surface area contributed by atoms with Gasteiger partial charge in [0.25, 0.3) is 0 Å². The van der Waals surface area contributed by atoms with Crippen molar-refractivity contribution >= 4 is 6.09 Å². The first-order chi connectivity index (χ1) is 7.88. The fourth-order valence-electron chi connectivity index (χ4n) is 1.24. The lowest BCUT2D eigenvalue weighted by Gasteiger charge is -2.20. The lowest BCUT2D eigenvalue weighted by molar-refractivity contribution is 0.0524. The van der Waals surface area contributed by atoms with E-state index in [4.69, 9.17) is 10.5 Å². The van der Waals surface area contributed by atoms with Gasteiger partial charge in [-0.2, -0.15) is 0 Å². The number of nitrogens with two attached hydrogens (primary N) is 1. The van der Waals surface area contributed by atoms with E-state index in [0.717, 1.165) is 5.56 Å². The summed E-state index contributed by atoms with van der Waals surface area (Å²) in [6, 6.07) is 3.38. The first-order valence-electron chi connectivity index (χ1n) is 5.51. The van der Waals surface area contributed by atoms with Crippen molar-refractivity contribution in [3.63, 3.8) is 0 Å². The van der Waals surface area contributed by atoms with Gasteiger partial charge >= 0.3 is 6.09 Å². The second-order valence-corrected chi connectivity index (χ2v) is 4.77. The van der Waals surface area contributed by atoms with Gasteiger partial charge in [0, 0.05) is 25.0 Å². The third-order valence-electron chi connectivity index (χ3n) is 2.00. The van der Waals surface area contributed by atoms with E-state index in [1.54, 1.807) is 12.4 Å². The van der Waals surface area contributed by atoms with Crippen molar-refractivity contribution in [1.29, 1.82) is 0 Å². The standard InChI is InChI=1S/C12H19N3O2/c1-12(2,3)17-11(16)15-8-10(13)9-4-6-14-7-5-9/h4-7,10H,8,13H2,1-3H3,(H,15,16)/t10-/m0/s1. The number of pyridine rings is 1. The molecule has 0 bridgehead atoms. The smallest absolute Gasteiger partial charge is 0.407 e. The number of rotatable bonds is 3. The van der Waals surface area contributed by atoms with Crippen LogP contribution in [0.4, 0.5) is 4.79 Å². The summed E-state index contributed by atoms with van der Waals surface area (Å²) < 4.78 is 5.11. The van der Waals surface area contributed by atoms with Crippen LogP contribution in [-0.2, 0) is 4.74 Å². The Labute approximate surface area is 101 Å². The fraction of sp³-hybridized carbons (Fsp3) is 0.500. The molecular formula is C12H19N3O2. The number of hydrogen-bond donors (Lipinski definition) is 2. The summed E-state index contributed by atoms with van der Waals surface area (Å²) in [7, 11) is 0. The maximum atomic E-state index is 11.4. The SMILES string of the molecule is CC(C)(C)OC(=O)NC[C@H](N)c1ccncc1. The Morgan fingerprint density at radius 3 is 2.59 bits per heavy atom. The van der Waals surface area contributed by atoms with Crippen LogP contribution in [0.15, 0.2) is 24.5 Å². The van der Waals surface area contributed by atoms with Gasteiger partial charge in [-0.1, -0.05) is 0 Å². The molecule has 1 aromatic rings. The quantitative estimate of drug-likeness (QED) is 0.837. The number of carbonyl (C=O) groups is 1. The number of aromatic nitrogens is 1. The Morgan fingerprint density at radius 1 is 1.47 bits per heavy atom. The predicted molar refractivity (Wildman–Crippen MR) is 65.4 cm³/mol. The summed E-state index contributed by atoms with van der Waals surface area (Å²) in [6.07, 6.45) is 2.88. The Balaban J connectivity index is 2.39. The van der Waals surface area contributed by atoms with E-state index < -0.39 is 11.7 Å². The highest BCUT2D eigenvalue weighted by molar-refractivity contribution is 5.67. The van der Waals surface area contributed by atoms with Gasteiger partial charge < -0.3 is 15.8 Å². The summed E-state index contributed by atoms with van der Waals surface area (Å²) in [6.45, 7) is 5.78. The molecule has 0 aromatic carbocycles. The third-order valence-corrected chi connectivity index (χ3v) is 2.00. The average Bonchev–Trinajstić information content (AvgIpc) is 2.25. The van der Waals surface area contributed by atoms with E-state index in [1.165, 1.54) is 0 Å². The Morgan fingerprint density at radius 2 is 2.06 bits per heavy atom. The molecule has 0 spiro atoms. The predicted octanol–water partition coefficient (Wildman–Crippen LogP) is 1.61. The van der Waals surface area contributed by atoms with Gasteiger partial charge in [-0.15, -0.1) is 0 Å². The number of nitrogens with zero attached hydrogens (tertiary/aromatic N) is 1. The minimum Gasteiger partial charge on any atom is -0.444 e. The van der Waals surface area contributed by atoms with Crippen LogP contribution in [0, 0.1) is 0 Å². The molecular weight excluding hydrogens is 218 g/mol. The van der Waals surface area contributed by atoms with Gasteiger partial charge in [-0.3, -0.25) is 4.98 Å². The molecule has 0 saturated heterocycles. The third kappa shape index (κ3) is 5.31. The van der Waals surface area contributed by atoms with E-state index >= 15 is 0 Å². The van der Waals surface area contributed by atoms with Crippen LogP contribution in [0.3, 0.4) is 0 Å². The van der Waals surface area contributed by atoms with Crippen LogP contribution in [0.5, 0.6) is 0 Å². The van der Waals surface area contributed by atoms with Gasteiger partial charge in [0.1, 0.15) is 5.60 Å². The molecule has 94 valence electrons. The van der Waals surface area contributed by atoms with Crippen molar-refractivity contribution in [3.05, 3.63) is 30.1 Å². The van der Waals surface area contributed by atoms with Crippen LogP contribution in [0.2, 0.25) is 0 Å². The van der Waals surface area contributed by atoms with Gasteiger partial charge in [0.05, 0.1) is 0 Å². The molecule has 0 aliphatic carbocycles. The van der Waals surface area contributed by atoms with E-state index in [2.05, 4.69) is 10.3 Å². The molecule has 5 nitrogen and oxygen atoms in total. The number of ether oxygens (including phenoxy) is 1. The summed E-state index contributed by atoms with van der Waals surface area (Å²) in [4.78, 5) is 15.3. The number of nitrogens with one attached hydrogen (secondary N) is 1. The molecule has 0 aliphatic rings. The molecule has 5 heteroatoms. The van der Waals surface area contributed by atoms with Crippen molar-refractivity contribution in [2.45, 2.75) is 32.4 Å². The first kappa shape index (κ1) is 13.4. The number of amides is 1. The summed E-state index contributed by atoms with van der Waals surface area (Å²) >= 11 is 0. The maximum absolute atomic E-state index is 11.4. The van der Waals surface area contributed by atoms with Crippen LogP contribution in [-0.4, -0.2) is 23.2 Å². The summed E-state index contributed by atoms with van der Waals surface area (Å²) in [5.41, 5.74) is 6.34. The van der Waals surface area contributed by atoms with E-state index in [0.29, 0.717) is 6.54 Å². The molecule has 1 heterocycles. The van der Waals surface area contributed by atoms with Gasteiger partial charge in [0.15, 0.2) is 0 Å². The second kappa shape index (κ2) is 5.63. The highest BCUT2D eigenvalue weighted by atomic mass is 16.6. The van der Waals surface area contributed by atoms with E-state index in [-0.39, 0.29) is 6.04 Å². The minimum absolute atomic E-state index is 0.259. The Kier molecular flexibility index (Phi) is 4.45. The molecule has 0 saturated carbocycles. The average molecular weight is 237 g/mol. The molecule has 17 heavy (non-hydrogen) atoms. The van der Waals surface area contributed by atoms with Crippen molar-refractivity contribution in [3.8, 4) is 0 Å². The number of carbonyl (C=O) groups excluding carboxylic acids is 1. The summed E-state index contributed by atoms with van der Waals surface area (Å²) in [5, 5.41) is 2.63. The molecule has 1 amide bonds. The molecule has 1 rings (SSSR count). The highest BCUT2D eigenvalue weighted by Gasteiger charge is 2.16. The molecule has 0 aliphatic heterocycles. The largest absolute Gasteiger partial charge is 0.444 e. The normalized spacial score (nSPS) is 12.9. The molecule has 1 atom stereocenters. The highest BCUT2D eigenvalue weighted by Crippen LogP contribution is 2.09. The van der Waals surface area contributed by atoms with Gasteiger partial charge in [-0.05, 0) is 38.5 Å². The zero-order chi connectivity index (χ0) is 12.9. The zero-order valence-corrected chi connectivity index (χ0v) is 10.4. The molecule has 0 fully saturated rings. The van der Waals surface area contributed by atoms with Crippen molar-refractivity contribution in [2.75, 3.05) is 6.54 Å². The van der Waals surface area contributed by atoms with Crippen LogP contribution >= 0.6 is 0 Å². The van der Waals surface area contributed by atoms with Crippen LogP contribution < -0.4 is 11.1 Å². The second-order valence-electron chi connectivity index (χ2n) is 4.77. The lowest BCUT2D eigenvalue weighted by atomic mass is 10.1. The topological polar surface area (TPSA) is 77.2 Å². The van der Waals surface area contributed by atoms with Crippen LogP contribution in [0.1, 0.15) is 32.4 Å². The number of hydrogen-bond acceptors (Lipinski definition) is 4. The zero-order valence-electron chi connectivity index (χ0n) is 10.4. The Bertz CT molecular complexity index is 360. The van der Waals surface area contributed by atoms with Crippen molar-refractivity contribution < 1.29 is 9.53 Å². The minimum atomic E-state index is -0.495. The van der Waals surface area contributed by atoms with E-state index in [1.807, 2.05) is 32.9 Å². The maximum Gasteiger partial charge on any atom is 0.407 e. The lowest BCUT2D eigenvalue weighted by Crippen LogP contribution is -2.36. The molecule has 1 aromatic heterocycles. The van der Waals surface area contributed by atoms with Crippen molar-refractivity contribution in [1.82, 2.24) is 10.3 Å². The van der Waals surface area contributed by atoms with Gasteiger partial charge in [-0.25, -0.2) is 4.79 Å². The Hall–Kier alpha value is -1.62. The molecule has 0 radical (unpaired) electrons. The van der Waals surface area contributed by atoms with E-state index in [9.17, 15) is 4.79 Å². The monoisotopic (exact) mass is 237 g/mol. The summed E-state index contributed by atoms with van der Waals surface area (Å²) in [5.74, 6) is 0.